The Hall–Kier alpha value is -1.19. The van der Waals surface area contributed by atoms with Crippen LogP contribution in [0, 0.1) is 0 Å². The molecule has 0 aliphatic heterocycles. The predicted octanol–water partition coefficient (Wildman–Crippen LogP) is -0.310. The first-order valence-corrected chi connectivity index (χ1v) is 1.96. The van der Waals surface area contributed by atoms with Crippen LogP contribution in [0.25, 0.3) is 0 Å². The molecule has 0 radical (unpaired) electrons. The van der Waals surface area contributed by atoms with Gasteiger partial charge in [0.15, 0.2) is 5.88 Å². The lowest BCUT2D eigenvalue weighted by Crippen LogP contribution is -2.20. The molecule has 0 aromatic heterocycles. The highest BCUT2D eigenvalue weighted by Gasteiger charge is 1.92. The standard InChI is InChI=1S/C4H7NO3/c1-3(6)5-2-4(7)8/h5-6H,1-2H2,(H,7,8). The minimum Gasteiger partial charge on any atom is -0.495 e. The molecule has 0 aromatic carbocycles. The van der Waals surface area contributed by atoms with Crippen LogP contribution in [0.3, 0.4) is 0 Å². The third kappa shape index (κ3) is 4.81. The van der Waals surface area contributed by atoms with Crippen molar-refractivity contribution in [2.24, 2.45) is 0 Å². The number of hydrogen-bond acceptors (Lipinski definition) is 3. The van der Waals surface area contributed by atoms with Gasteiger partial charge in [0, 0.05) is 0 Å². The van der Waals surface area contributed by atoms with E-state index in [1.165, 1.54) is 0 Å². The number of aliphatic hydroxyl groups is 1. The molecule has 0 amide bonds. The largest absolute Gasteiger partial charge is 0.495 e. The summed E-state index contributed by atoms with van der Waals surface area (Å²) in [5.41, 5.74) is 0. The van der Waals surface area contributed by atoms with Gasteiger partial charge in [0.2, 0.25) is 0 Å². The summed E-state index contributed by atoms with van der Waals surface area (Å²) >= 11 is 0. The maximum absolute atomic E-state index is 9.69. The molecular weight excluding hydrogens is 110 g/mol. The van der Waals surface area contributed by atoms with E-state index in [-0.39, 0.29) is 12.4 Å². The van der Waals surface area contributed by atoms with E-state index >= 15 is 0 Å². The van der Waals surface area contributed by atoms with E-state index in [2.05, 4.69) is 11.9 Å². The van der Waals surface area contributed by atoms with E-state index in [9.17, 15) is 4.79 Å². The molecule has 0 saturated heterocycles. The smallest absolute Gasteiger partial charge is 0.322 e. The van der Waals surface area contributed by atoms with Crippen molar-refractivity contribution in [2.45, 2.75) is 0 Å². The number of carboxylic acids is 1. The molecule has 0 spiro atoms. The van der Waals surface area contributed by atoms with Gasteiger partial charge < -0.3 is 15.5 Å². The van der Waals surface area contributed by atoms with Crippen LogP contribution in [0.5, 0.6) is 0 Å². The van der Waals surface area contributed by atoms with Crippen molar-refractivity contribution < 1.29 is 15.0 Å². The number of aliphatic carboxylic acids is 1. The third-order valence-electron chi connectivity index (χ3n) is 0.444. The molecule has 8 heavy (non-hydrogen) atoms. The van der Waals surface area contributed by atoms with E-state index in [1.54, 1.807) is 0 Å². The quantitative estimate of drug-likeness (QED) is 0.443. The van der Waals surface area contributed by atoms with Gasteiger partial charge in [-0.2, -0.15) is 0 Å². The van der Waals surface area contributed by atoms with Crippen LogP contribution in [0.2, 0.25) is 0 Å². The van der Waals surface area contributed by atoms with Crippen LogP contribution in [0.4, 0.5) is 0 Å². The second kappa shape index (κ2) is 2.90. The van der Waals surface area contributed by atoms with E-state index < -0.39 is 5.97 Å². The molecule has 0 aliphatic rings. The Morgan fingerprint density at radius 2 is 2.12 bits per heavy atom. The molecule has 0 fully saturated rings. The summed E-state index contributed by atoms with van der Waals surface area (Å²) in [5.74, 6) is -1.35. The predicted molar refractivity (Wildman–Crippen MR) is 27.4 cm³/mol. The van der Waals surface area contributed by atoms with Crippen LogP contribution in [-0.2, 0) is 4.79 Å². The molecule has 0 aliphatic carbocycles. The fourth-order valence-corrected chi connectivity index (χ4v) is 0.178. The van der Waals surface area contributed by atoms with Crippen molar-refractivity contribution in [3.05, 3.63) is 12.5 Å². The third-order valence-corrected chi connectivity index (χ3v) is 0.444. The molecule has 0 aromatic rings. The van der Waals surface area contributed by atoms with E-state index in [0.717, 1.165) is 0 Å². The fraction of sp³-hybridized carbons (Fsp3) is 0.250. The summed E-state index contributed by atoms with van der Waals surface area (Å²) in [7, 11) is 0. The molecule has 0 unspecified atom stereocenters. The summed E-state index contributed by atoms with van der Waals surface area (Å²) in [6.07, 6.45) is 0. The second-order valence-corrected chi connectivity index (χ2v) is 1.19. The Kier molecular flexibility index (Phi) is 2.47. The van der Waals surface area contributed by atoms with E-state index in [4.69, 9.17) is 10.2 Å². The summed E-state index contributed by atoms with van der Waals surface area (Å²) < 4.78 is 0. The number of rotatable bonds is 3. The highest BCUT2D eigenvalue weighted by molar-refractivity contribution is 5.69. The molecule has 0 atom stereocenters. The molecular formula is C4H7NO3. The van der Waals surface area contributed by atoms with Gasteiger partial charge in [-0.05, 0) is 6.58 Å². The SMILES string of the molecule is C=C(O)NCC(=O)O. The fourth-order valence-electron chi connectivity index (χ4n) is 0.178. The van der Waals surface area contributed by atoms with E-state index in [0.29, 0.717) is 0 Å². The van der Waals surface area contributed by atoms with Gasteiger partial charge in [0.05, 0.1) is 0 Å². The first kappa shape index (κ1) is 6.81. The minimum absolute atomic E-state index is 0.296. The van der Waals surface area contributed by atoms with Gasteiger partial charge in [-0.15, -0.1) is 0 Å². The maximum atomic E-state index is 9.69. The van der Waals surface area contributed by atoms with Gasteiger partial charge in [-0.3, -0.25) is 4.79 Å². The summed E-state index contributed by atoms with van der Waals surface area (Å²) in [4.78, 5) is 9.69. The van der Waals surface area contributed by atoms with Gasteiger partial charge >= 0.3 is 5.97 Å². The average Bonchev–Trinajstić information content (AvgIpc) is 1.61. The highest BCUT2D eigenvalue weighted by atomic mass is 16.4. The van der Waals surface area contributed by atoms with Crippen molar-refractivity contribution in [1.82, 2.24) is 5.32 Å². The number of carboxylic acid groups (broad SMARTS) is 1. The molecule has 46 valence electrons. The Morgan fingerprint density at radius 1 is 1.62 bits per heavy atom. The van der Waals surface area contributed by atoms with Gasteiger partial charge in [0.1, 0.15) is 6.54 Å². The first-order chi connectivity index (χ1) is 3.63. The molecule has 4 heteroatoms. The Bertz CT molecular complexity index is 95.9. The normalized spacial score (nSPS) is 8.00. The average molecular weight is 117 g/mol. The van der Waals surface area contributed by atoms with Crippen molar-refractivity contribution in [3.63, 3.8) is 0 Å². The second-order valence-electron chi connectivity index (χ2n) is 1.19. The number of hydrogen-bond donors (Lipinski definition) is 3. The molecule has 0 rings (SSSR count). The van der Waals surface area contributed by atoms with Crippen LogP contribution in [0.15, 0.2) is 12.5 Å². The summed E-state index contributed by atoms with van der Waals surface area (Å²) in [6, 6.07) is 0. The van der Waals surface area contributed by atoms with Crippen LogP contribution in [0.1, 0.15) is 0 Å². The Balaban J connectivity index is 3.18. The first-order valence-electron chi connectivity index (χ1n) is 1.96. The molecule has 0 saturated carbocycles. The van der Waals surface area contributed by atoms with E-state index in [1.807, 2.05) is 0 Å². The topological polar surface area (TPSA) is 69.6 Å². The Labute approximate surface area is 46.4 Å². The zero-order valence-corrected chi connectivity index (χ0v) is 4.22. The van der Waals surface area contributed by atoms with Crippen LogP contribution in [-0.4, -0.2) is 22.7 Å². The van der Waals surface area contributed by atoms with Crippen molar-refractivity contribution in [3.8, 4) is 0 Å². The van der Waals surface area contributed by atoms with Crippen LogP contribution >= 0.6 is 0 Å². The minimum atomic E-state index is -1.03. The lowest BCUT2D eigenvalue weighted by atomic mass is 10.6. The summed E-state index contributed by atoms with van der Waals surface area (Å²) in [6.45, 7) is 2.71. The molecule has 3 N–H and O–H groups in total. The molecule has 4 nitrogen and oxygen atoms in total. The lowest BCUT2D eigenvalue weighted by molar-refractivity contribution is -0.135. The van der Waals surface area contributed by atoms with Crippen molar-refractivity contribution in [2.75, 3.05) is 6.54 Å². The zero-order chi connectivity index (χ0) is 6.57. The maximum Gasteiger partial charge on any atom is 0.322 e. The zero-order valence-electron chi connectivity index (χ0n) is 4.22. The van der Waals surface area contributed by atoms with Crippen LogP contribution < -0.4 is 5.32 Å². The van der Waals surface area contributed by atoms with Gasteiger partial charge in [-0.1, -0.05) is 0 Å². The van der Waals surface area contributed by atoms with Crippen molar-refractivity contribution >= 4 is 5.97 Å². The summed E-state index contributed by atoms with van der Waals surface area (Å²) in [5, 5.41) is 18.3. The monoisotopic (exact) mass is 117 g/mol. The molecule has 0 heterocycles. The van der Waals surface area contributed by atoms with Gasteiger partial charge in [0.25, 0.3) is 0 Å². The number of nitrogens with one attached hydrogen (secondary N) is 1. The van der Waals surface area contributed by atoms with Crippen molar-refractivity contribution in [1.29, 1.82) is 0 Å². The van der Waals surface area contributed by atoms with Gasteiger partial charge in [-0.25, -0.2) is 0 Å². The lowest BCUT2D eigenvalue weighted by Gasteiger charge is -1.95. The number of aliphatic hydroxyl groups excluding tert-OH is 1. The Morgan fingerprint density at radius 3 is 2.25 bits per heavy atom. The molecule has 0 bridgehead atoms. The highest BCUT2D eigenvalue weighted by Crippen LogP contribution is 1.69. The number of carbonyl (C=O) groups is 1.